The van der Waals surface area contributed by atoms with Gasteiger partial charge >= 0.3 is 6.18 Å². The molecule has 2 aromatic carbocycles. The van der Waals surface area contributed by atoms with E-state index < -0.39 is 17.6 Å². The van der Waals surface area contributed by atoms with E-state index in [2.05, 4.69) is 0 Å². The molecule has 0 aliphatic carbocycles. The van der Waals surface area contributed by atoms with Crippen molar-refractivity contribution in [2.75, 3.05) is 5.73 Å². The number of alkyl halides is 3. The first kappa shape index (κ1) is 13.9. The van der Waals surface area contributed by atoms with Gasteiger partial charge in [-0.25, -0.2) is 0 Å². The van der Waals surface area contributed by atoms with Crippen LogP contribution in [0.1, 0.15) is 15.9 Å². The van der Waals surface area contributed by atoms with Crippen molar-refractivity contribution in [1.82, 2.24) is 0 Å². The highest BCUT2D eigenvalue weighted by atomic mass is 19.4. The van der Waals surface area contributed by atoms with Crippen LogP contribution in [0, 0.1) is 0 Å². The topological polar surface area (TPSA) is 69.1 Å². The summed E-state index contributed by atoms with van der Waals surface area (Å²) in [7, 11) is 0. The van der Waals surface area contributed by atoms with E-state index in [-0.39, 0.29) is 5.56 Å². The number of anilines is 1. The highest BCUT2D eigenvalue weighted by Gasteiger charge is 2.30. The quantitative estimate of drug-likeness (QED) is 0.830. The summed E-state index contributed by atoms with van der Waals surface area (Å²) < 4.78 is 37.5. The van der Waals surface area contributed by atoms with Crippen LogP contribution in [-0.4, -0.2) is 5.91 Å². The highest BCUT2D eigenvalue weighted by Crippen LogP contribution is 2.32. The van der Waals surface area contributed by atoms with Crippen LogP contribution in [0.4, 0.5) is 18.9 Å². The Hall–Kier alpha value is -2.50. The lowest BCUT2D eigenvalue weighted by atomic mass is 9.97. The summed E-state index contributed by atoms with van der Waals surface area (Å²) in [5, 5.41) is 0. The van der Waals surface area contributed by atoms with Crippen molar-refractivity contribution < 1.29 is 18.0 Å². The fourth-order valence-corrected chi connectivity index (χ4v) is 1.86. The van der Waals surface area contributed by atoms with E-state index in [1.165, 1.54) is 18.2 Å². The van der Waals surface area contributed by atoms with Crippen molar-refractivity contribution in [1.29, 1.82) is 0 Å². The predicted octanol–water partition coefficient (Wildman–Crippen LogP) is 3.05. The second-order valence-electron chi connectivity index (χ2n) is 4.24. The summed E-state index contributed by atoms with van der Waals surface area (Å²) >= 11 is 0. The van der Waals surface area contributed by atoms with E-state index in [9.17, 15) is 18.0 Å². The molecule has 4 N–H and O–H groups in total. The summed E-state index contributed by atoms with van der Waals surface area (Å²) in [5.41, 5.74) is 11.5. The molecule has 1 amide bonds. The van der Waals surface area contributed by atoms with Crippen LogP contribution in [-0.2, 0) is 6.18 Å². The molecule has 0 heterocycles. The minimum absolute atomic E-state index is 0.171. The second kappa shape index (κ2) is 4.88. The minimum atomic E-state index is -4.40. The van der Waals surface area contributed by atoms with Gasteiger partial charge in [-0.3, -0.25) is 4.79 Å². The average molecular weight is 280 g/mol. The maximum absolute atomic E-state index is 12.5. The molecule has 0 aliphatic heterocycles. The monoisotopic (exact) mass is 280 g/mol. The molecule has 0 saturated carbocycles. The predicted molar refractivity (Wildman–Crippen MR) is 69.8 cm³/mol. The van der Waals surface area contributed by atoms with E-state index in [4.69, 9.17) is 11.5 Å². The van der Waals surface area contributed by atoms with E-state index in [0.29, 0.717) is 16.8 Å². The highest BCUT2D eigenvalue weighted by molar-refractivity contribution is 6.00. The van der Waals surface area contributed by atoms with Crippen molar-refractivity contribution in [3.63, 3.8) is 0 Å². The zero-order valence-electron chi connectivity index (χ0n) is 10.2. The van der Waals surface area contributed by atoms with Crippen LogP contribution in [0.2, 0.25) is 0 Å². The van der Waals surface area contributed by atoms with Gasteiger partial charge in [0, 0.05) is 11.3 Å². The molecule has 104 valence electrons. The number of carbonyl (C=O) groups is 1. The van der Waals surface area contributed by atoms with Gasteiger partial charge in [0.05, 0.1) is 5.56 Å². The number of nitrogens with two attached hydrogens (primary N) is 2. The van der Waals surface area contributed by atoms with Crippen molar-refractivity contribution in [2.45, 2.75) is 6.18 Å². The van der Waals surface area contributed by atoms with Gasteiger partial charge in [-0.2, -0.15) is 13.2 Å². The zero-order chi connectivity index (χ0) is 14.9. The second-order valence-corrected chi connectivity index (χ2v) is 4.24. The first-order valence-electron chi connectivity index (χ1n) is 5.66. The average Bonchev–Trinajstić information content (AvgIpc) is 2.37. The van der Waals surface area contributed by atoms with Gasteiger partial charge < -0.3 is 11.5 Å². The third kappa shape index (κ3) is 2.74. The number of rotatable bonds is 2. The summed E-state index contributed by atoms with van der Waals surface area (Å²) in [6.45, 7) is 0. The number of hydrogen-bond acceptors (Lipinski definition) is 2. The Bertz CT molecular complexity index is 648. The van der Waals surface area contributed by atoms with E-state index in [0.717, 1.165) is 12.1 Å². The van der Waals surface area contributed by atoms with E-state index in [1.54, 1.807) is 12.1 Å². The number of hydrogen-bond donors (Lipinski definition) is 2. The molecular formula is C14H11F3N2O. The van der Waals surface area contributed by atoms with Gasteiger partial charge in [-0.15, -0.1) is 0 Å². The zero-order valence-corrected chi connectivity index (χ0v) is 10.2. The first-order chi connectivity index (χ1) is 9.29. The molecule has 0 fully saturated rings. The molecule has 0 spiro atoms. The van der Waals surface area contributed by atoms with Gasteiger partial charge in [0.1, 0.15) is 0 Å². The number of amides is 1. The largest absolute Gasteiger partial charge is 0.416 e. The Morgan fingerprint density at radius 2 is 1.60 bits per heavy atom. The maximum atomic E-state index is 12.5. The third-order valence-electron chi connectivity index (χ3n) is 2.83. The number of carbonyl (C=O) groups excluding carboxylic acids is 1. The van der Waals surface area contributed by atoms with Crippen LogP contribution in [0.5, 0.6) is 0 Å². The van der Waals surface area contributed by atoms with Crippen LogP contribution < -0.4 is 11.5 Å². The summed E-state index contributed by atoms with van der Waals surface area (Å²) in [4.78, 5) is 11.4. The number of nitrogen functional groups attached to an aromatic ring is 1. The van der Waals surface area contributed by atoms with Gasteiger partial charge in [0.25, 0.3) is 0 Å². The Kier molecular flexibility index (Phi) is 3.40. The maximum Gasteiger partial charge on any atom is 0.416 e. The van der Waals surface area contributed by atoms with Crippen molar-refractivity contribution in [3.05, 3.63) is 53.6 Å². The summed E-state index contributed by atoms with van der Waals surface area (Å²) in [5.74, 6) is -0.688. The minimum Gasteiger partial charge on any atom is -0.399 e. The molecule has 0 saturated heterocycles. The normalized spacial score (nSPS) is 11.3. The smallest absolute Gasteiger partial charge is 0.399 e. The third-order valence-corrected chi connectivity index (χ3v) is 2.83. The summed E-state index contributed by atoms with van der Waals surface area (Å²) in [6, 6.07) is 9.00. The molecular weight excluding hydrogens is 269 g/mol. The van der Waals surface area contributed by atoms with Gasteiger partial charge in [0.15, 0.2) is 0 Å². The van der Waals surface area contributed by atoms with Crippen LogP contribution >= 0.6 is 0 Å². The van der Waals surface area contributed by atoms with Crippen molar-refractivity contribution in [3.8, 4) is 11.1 Å². The first-order valence-corrected chi connectivity index (χ1v) is 5.66. The standard InChI is InChI=1S/C14H11F3N2O/c15-14(16,17)9-3-1-8(2-4-9)11-6-5-10(18)7-12(11)13(19)20/h1-7H,18H2,(H2,19,20). The molecule has 2 rings (SSSR count). The molecule has 0 atom stereocenters. The van der Waals surface area contributed by atoms with Gasteiger partial charge in [-0.1, -0.05) is 18.2 Å². The molecule has 0 aromatic heterocycles. The number of primary amides is 1. The van der Waals surface area contributed by atoms with Crippen molar-refractivity contribution >= 4 is 11.6 Å². The number of halogens is 3. The molecule has 3 nitrogen and oxygen atoms in total. The van der Waals surface area contributed by atoms with E-state index >= 15 is 0 Å². The SMILES string of the molecule is NC(=O)c1cc(N)ccc1-c1ccc(C(F)(F)F)cc1. The molecule has 6 heteroatoms. The van der Waals surface area contributed by atoms with Crippen LogP contribution in [0.25, 0.3) is 11.1 Å². The van der Waals surface area contributed by atoms with Crippen LogP contribution in [0.15, 0.2) is 42.5 Å². The molecule has 0 unspecified atom stereocenters. The van der Waals surface area contributed by atoms with Crippen LogP contribution in [0.3, 0.4) is 0 Å². The lowest BCUT2D eigenvalue weighted by Crippen LogP contribution is -2.13. The fourth-order valence-electron chi connectivity index (χ4n) is 1.86. The molecule has 0 bridgehead atoms. The Morgan fingerprint density at radius 3 is 2.10 bits per heavy atom. The molecule has 20 heavy (non-hydrogen) atoms. The lowest BCUT2D eigenvalue weighted by molar-refractivity contribution is -0.137. The lowest BCUT2D eigenvalue weighted by Gasteiger charge is -2.10. The summed E-state index contributed by atoms with van der Waals surface area (Å²) in [6.07, 6.45) is -4.40. The Labute approximate surface area is 113 Å². The van der Waals surface area contributed by atoms with E-state index in [1.807, 2.05) is 0 Å². The fraction of sp³-hybridized carbons (Fsp3) is 0.0714. The van der Waals surface area contributed by atoms with Gasteiger partial charge in [-0.05, 0) is 35.4 Å². The Balaban J connectivity index is 2.50. The molecule has 0 radical (unpaired) electrons. The molecule has 2 aromatic rings. The van der Waals surface area contributed by atoms with Crippen molar-refractivity contribution in [2.24, 2.45) is 5.73 Å². The van der Waals surface area contributed by atoms with Gasteiger partial charge in [0.2, 0.25) is 5.91 Å². The molecule has 0 aliphatic rings. The Morgan fingerprint density at radius 1 is 1.00 bits per heavy atom. The number of benzene rings is 2.